The van der Waals surface area contributed by atoms with E-state index in [1.165, 1.54) is 31.4 Å². The van der Waals surface area contributed by atoms with E-state index in [9.17, 15) is 23.6 Å². The SMILES string of the molecule is COC(=O)COc1ccc(Br)cc1/C=C1/SC(=O)N(CC(=O)Nc2cccc(F)c2)C1=O. The molecular formula is C21H16BrFN2O6S. The number of thioether (sulfide) groups is 1. The van der Waals surface area contributed by atoms with E-state index in [4.69, 9.17) is 4.74 Å². The van der Waals surface area contributed by atoms with E-state index in [1.807, 2.05) is 0 Å². The lowest BCUT2D eigenvalue weighted by Crippen LogP contribution is -2.36. The van der Waals surface area contributed by atoms with Crippen LogP contribution in [0.15, 0.2) is 51.8 Å². The highest BCUT2D eigenvalue weighted by Gasteiger charge is 2.36. The normalized spacial score (nSPS) is 14.6. The van der Waals surface area contributed by atoms with Crippen LogP contribution in [0.5, 0.6) is 5.75 Å². The van der Waals surface area contributed by atoms with Gasteiger partial charge in [-0.3, -0.25) is 19.3 Å². The van der Waals surface area contributed by atoms with Crippen LogP contribution < -0.4 is 10.1 Å². The van der Waals surface area contributed by atoms with E-state index in [-0.39, 0.29) is 17.2 Å². The first kappa shape index (κ1) is 23.5. The van der Waals surface area contributed by atoms with Gasteiger partial charge in [0.1, 0.15) is 18.1 Å². The Bertz CT molecular complexity index is 1120. The molecule has 0 unspecified atom stereocenters. The zero-order valence-corrected chi connectivity index (χ0v) is 19.0. The molecule has 1 aliphatic rings. The number of carbonyl (C=O) groups excluding carboxylic acids is 4. The topological polar surface area (TPSA) is 102 Å². The second-order valence-electron chi connectivity index (χ2n) is 6.37. The maximum Gasteiger partial charge on any atom is 0.343 e. The molecule has 32 heavy (non-hydrogen) atoms. The summed E-state index contributed by atoms with van der Waals surface area (Å²) in [6.45, 7) is -0.858. The Morgan fingerprint density at radius 3 is 2.72 bits per heavy atom. The van der Waals surface area contributed by atoms with Crippen molar-refractivity contribution in [3.8, 4) is 5.75 Å². The molecule has 0 spiro atoms. The van der Waals surface area contributed by atoms with Crippen LogP contribution in [-0.4, -0.2) is 48.2 Å². The van der Waals surface area contributed by atoms with E-state index < -0.39 is 35.4 Å². The molecule has 2 aromatic carbocycles. The lowest BCUT2D eigenvalue weighted by Gasteiger charge is -2.12. The molecule has 1 N–H and O–H groups in total. The second-order valence-corrected chi connectivity index (χ2v) is 8.28. The molecule has 3 rings (SSSR count). The second kappa shape index (κ2) is 10.4. The van der Waals surface area contributed by atoms with Gasteiger partial charge in [0.25, 0.3) is 11.1 Å². The Morgan fingerprint density at radius 1 is 1.22 bits per heavy atom. The molecule has 0 aliphatic carbocycles. The largest absolute Gasteiger partial charge is 0.481 e. The molecular weight excluding hydrogens is 507 g/mol. The lowest BCUT2D eigenvalue weighted by molar-refractivity contribution is -0.142. The number of imide groups is 1. The predicted molar refractivity (Wildman–Crippen MR) is 119 cm³/mol. The average Bonchev–Trinajstić information content (AvgIpc) is 3.00. The van der Waals surface area contributed by atoms with Gasteiger partial charge in [-0.15, -0.1) is 0 Å². The fourth-order valence-electron chi connectivity index (χ4n) is 2.65. The summed E-state index contributed by atoms with van der Waals surface area (Å²) < 4.78 is 23.9. The minimum Gasteiger partial charge on any atom is -0.481 e. The first-order chi connectivity index (χ1) is 15.3. The van der Waals surface area contributed by atoms with Crippen LogP contribution in [0.1, 0.15) is 5.56 Å². The van der Waals surface area contributed by atoms with Gasteiger partial charge >= 0.3 is 5.97 Å². The van der Waals surface area contributed by atoms with Crippen LogP contribution in [0.4, 0.5) is 14.9 Å². The van der Waals surface area contributed by atoms with Gasteiger partial charge in [-0.1, -0.05) is 22.0 Å². The molecule has 2 aromatic rings. The number of amides is 3. The molecule has 0 radical (unpaired) electrons. The summed E-state index contributed by atoms with van der Waals surface area (Å²) >= 11 is 3.99. The summed E-state index contributed by atoms with van der Waals surface area (Å²) in [6.07, 6.45) is 1.44. The standard InChI is InChI=1S/C21H16BrFN2O6S/c1-30-19(27)11-31-16-6-5-13(22)7-12(16)8-17-20(28)25(21(29)32-17)10-18(26)24-15-4-2-3-14(23)9-15/h2-9H,10-11H2,1H3,(H,24,26)/b17-8+. The molecule has 3 amide bonds. The van der Waals surface area contributed by atoms with Crippen molar-refractivity contribution in [3.63, 3.8) is 0 Å². The number of methoxy groups -OCH3 is 1. The Morgan fingerprint density at radius 2 is 2.00 bits per heavy atom. The molecule has 1 fully saturated rings. The molecule has 0 saturated carbocycles. The maximum absolute atomic E-state index is 13.3. The van der Waals surface area contributed by atoms with E-state index in [0.717, 1.165) is 11.0 Å². The number of nitrogens with zero attached hydrogens (tertiary/aromatic N) is 1. The number of ether oxygens (including phenoxy) is 2. The fraction of sp³-hybridized carbons (Fsp3) is 0.143. The molecule has 0 bridgehead atoms. The molecule has 1 saturated heterocycles. The molecule has 1 aliphatic heterocycles. The van der Waals surface area contributed by atoms with E-state index in [1.54, 1.807) is 18.2 Å². The Hall–Kier alpha value is -3.18. The third-order valence-corrected chi connectivity index (χ3v) is 5.52. The van der Waals surface area contributed by atoms with Gasteiger partial charge in [0.05, 0.1) is 12.0 Å². The minimum absolute atomic E-state index is 0.0783. The number of hydrogen-bond acceptors (Lipinski definition) is 7. The highest BCUT2D eigenvalue weighted by Crippen LogP contribution is 2.34. The zero-order chi connectivity index (χ0) is 23.3. The van der Waals surface area contributed by atoms with E-state index in [2.05, 4.69) is 26.0 Å². The lowest BCUT2D eigenvalue weighted by atomic mass is 10.2. The van der Waals surface area contributed by atoms with Gasteiger partial charge in [0.2, 0.25) is 5.91 Å². The third-order valence-electron chi connectivity index (χ3n) is 4.12. The molecule has 0 atom stereocenters. The third kappa shape index (κ3) is 5.95. The van der Waals surface area contributed by atoms with Gasteiger partial charge in [-0.05, 0) is 54.2 Å². The van der Waals surface area contributed by atoms with Crippen LogP contribution in [-0.2, 0) is 19.1 Å². The smallest absolute Gasteiger partial charge is 0.343 e. The van der Waals surface area contributed by atoms with Crippen molar-refractivity contribution in [2.24, 2.45) is 0 Å². The van der Waals surface area contributed by atoms with Gasteiger partial charge in [-0.25, -0.2) is 9.18 Å². The number of nitrogens with one attached hydrogen (secondary N) is 1. The van der Waals surface area contributed by atoms with Gasteiger partial charge in [0.15, 0.2) is 6.61 Å². The molecule has 166 valence electrons. The Kier molecular flexibility index (Phi) is 7.65. The molecule has 11 heteroatoms. The summed E-state index contributed by atoms with van der Waals surface area (Å²) in [6, 6.07) is 10.2. The number of anilines is 1. The van der Waals surface area contributed by atoms with Crippen molar-refractivity contribution in [2.45, 2.75) is 0 Å². The van der Waals surface area contributed by atoms with Crippen LogP contribution in [0.25, 0.3) is 6.08 Å². The van der Waals surface area contributed by atoms with E-state index >= 15 is 0 Å². The first-order valence-corrected chi connectivity index (χ1v) is 10.7. The number of carbonyl (C=O) groups is 4. The first-order valence-electron chi connectivity index (χ1n) is 9.07. The molecule has 8 nitrogen and oxygen atoms in total. The highest BCUT2D eigenvalue weighted by molar-refractivity contribution is 9.10. The monoisotopic (exact) mass is 522 g/mol. The van der Waals surface area contributed by atoms with Crippen molar-refractivity contribution in [1.29, 1.82) is 0 Å². The highest BCUT2D eigenvalue weighted by atomic mass is 79.9. The van der Waals surface area contributed by atoms with Gasteiger partial charge < -0.3 is 14.8 Å². The summed E-state index contributed by atoms with van der Waals surface area (Å²) in [5.74, 6) is -2.12. The summed E-state index contributed by atoms with van der Waals surface area (Å²) in [7, 11) is 1.23. The van der Waals surface area contributed by atoms with Crippen LogP contribution in [0, 0.1) is 5.82 Å². The van der Waals surface area contributed by atoms with Crippen LogP contribution in [0.2, 0.25) is 0 Å². The maximum atomic E-state index is 13.3. The Labute approximate surface area is 194 Å². The summed E-state index contributed by atoms with van der Waals surface area (Å²) in [5, 5.41) is 1.82. The predicted octanol–water partition coefficient (Wildman–Crippen LogP) is 3.82. The number of benzene rings is 2. The van der Waals surface area contributed by atoms with Crippen LogP contribution >= 0.6 is 27.7 Å². The van der Waals surface area contributed by atoms with Crippen molar-refractivity contribution in [1.82, 2.24) is 4.90 Å². The van der Waals surface area contributed by atoms with Crippen molar-refractivity contribution in [2.75, 3.05) is 25.6 Å². The minimum atomic E-state index is -0.659. The molecule has 1 heterocycles. The summed E-state index contributed by atoms with van der Waals surface area (Å²) in [5.41, 5.74) is 0.650. The van der Waals surface area contributed by atoms with Crippen LogP contribution in [0.3, 0.4) is 0 Å². The number of halogens is 2. The van der Waals surface area contributed by atoms with Crippen molar-refractivity contribution in [3.05, 3.63) is 63.2 Å². The summed E-state index contributed by atoms with van der Waals surface area (Å²) in [4.78, 5) is 49.5. The van der Waals surface area contributed by atoms with Gasteiger partial charge in [-0.2, -0.15) is 0 Å². The number of hydrogen-bond donors (Lipinski definition) is 1. The molecule has 0 aromatic heterocycles. The number of rotatable bonds is 7. The van der Waals surface area contributed by atoms with Crippen molar-refractivity contribution < 1.29 is 33.0 Å². The average molecular weight is 523 g/mol. The fourth-order valence-corrected chi connectivity index (χ4v) is 3.86. The van der Waals surface area contributed by atoms with Gasteiger partial charge in [0, 0.05) is 15.7 Å². The van der Waals surface area contributed by atoms with E-state index in [0.29, 0.717) is 27.5 Å². The quantitative estimate of drug-likeness (QED) is 0.435. The van der Waals surface area contributed by atoms with Crippen molar-refractivity contribution >= 4 is 62.5 Å². The zero-order valence-electron chi connectivity index (χ0n) is 16.6. The number of esters is 1. The Balaban J connectivity index is 1.74.